The Morgan fingerprint density at radius 2 is 2.18 bits per heavy atom. The highest BCUT2D eigenvalue weighted by Crippen LogP contribution is 2.22. The van der Waals surface area contributed by atoms with Gasteiger partial charge in [0.25, 0.3) is 10.2 Å². The molecule has 17 heavy (non-hydrogen) atoms. The van der Waals surface area contributed by atoms with Crippen molar-refractivity contribution in [3.63, 3.8) is 0 Å². The van der Waals surface area contributed by atoms with Gasteiger partial charge in [0.2, 0.25) is 0 Å². The van der Waals surface area contributed by atoms with E-state index in [0.29, 0.717) is 25.6 Å². The number of nitrogens with two attached hydrogens (primary N) is 1. The van der Waals surface area contributed by atoms with Gasteiger partial charge in [-0.25, -0.2) is 0 Å². The average molecular weight is 263 g/mol. The highest BCUT2D eigenvalue weighted by molar-refractivity contribution is 7.86. The monoisotopic (exact) mass is 263 g/mol. The Kier molecular flexibility index (Phi) is 5.37. The summed E-state index contributed by atoms with van der Waals surface area (Å²) < 4.78 is 27.5. The first kappa shape index (κ1) is 14.9. The zero-order chi connectivity index (χ0) is 13.1. The molecule has 0 aromatic carbocycles. The molecule has 1 saturated heterocycles. The third kappa shape index (κ3) is 3.64. The second kappa shape index (κ2) is 6.13. The molecule has 0 aromatic heterocycles. The van der Waals surface area contributed by atoms with Crippen molar-refractivity contribution >= 4 is 10.2 Å². The molecule has 0 aliphatic carbocycles. The Morgan fingerprint density at radius 1 is 1.53 bits per heavy atom. The molecule has 0 aromatic rings. The number of hydrogen-bond acceptors (Lipinski definition) is 3. The maximum Gasteiger partial charge on any atom is 0.281 e. The van der Waals surface area contributed by atoms with Crippen LogP contribution >= 0.6 is 0 Å². The zero-order valence-corrected chi connectivity index (χ0v) is 11.9. The number of unbranched alkanes of at least 4 members (excludes halogenated alkanes) is 1. The van der Waals surface area contributed by atoms with Gasteiger partial charge in [0.1, 0.15) is 0 Å². The highest BCUT2D eigenvalue weighted by Gasteiger charge is 2.34. The minimum Gasteiger partial charge on any atom is -0.328 e. The van der Waals surface area contributed by atoms with Gasteiger partial charge in [0.05, 0.1) is 0 Å². The maximum atomic E-state index is 12.2. The summed E-state index contributed by atoms with van der Waals surface area (Å²) in [5.41, 5.74) is 5.82. The summed E-state index contributed by atoms with van der Waals surface area (Å²) in [4.78, 5) is 0. The number of nitrogens with zero attached hydrogens (tertiary/aromatic N) is 2. The van der Waals surface area contributed by atoms with Crippen LogP contribution in [0, 0.1) is 5.92 Å². The van der Waals surface area contributed by atoms with Crippen LogP contribution in [0.2, 0.25) is 0 Å². The molecule has 1 aliphatic rings. The van der Waals surface area contributed by atoms with Crippen LogP contribution in [0.4, 0.5) is 0 Å². The third-order valence-electron chi connectivity index (χ3n) is 3.48. The van der Waals surface area contributed by atoms with Gasteiger partial charge >= 0.3 is 0 Å². The van der Waals surface area contributed by atoms with E-state index in [2.05, 4.69) is 6.92 Å². The van der Waals surface area contributed by atoms with Crippen LogP contribution in [0.25, 0.3) is 0 Å². The van der Waals surface area contributed by atoms with Gasteiger partial charge < -0.3 is 5.73 Å². The first-order valence-corrected chi connectivity index (χ1v) is 7.76. The molecule has 6 heteroatoms. The van der Waals surface area contributed by atoms with Crippen molar-refractivity contribution in [3.05, 3.63) is 0 Å². The van der Waals surface area contributed by atoms with Crippen LogP contribution in [0.5, 0.6) is 0 Å². The van der Waals surface area contributed by atoms with Gasteiger partial charge in [-0.1, -0.05) is 13.3 Å². The van der Waals surface area contributed by atoms with Gasteiger partial charge in [-0.2, -0.15) is 17.0 Å². The molecular weight excluding hydrogens is 238 g/mol. The van der Waals surface area contributed by atoms with E-state index < -0.39 is 10.2 Å². The molecule has 1 aliphatic heterocycles. The summed E-state index contributed by atoms with van der Waals surface area (Å²) in [7, 11) is -1.61. The van der Waals surface area contributed by atoms with Crippen molar-refractivity contribution in [1.29, 1.82) is 0 Å². The van der Waals surface area contributed by atoms with Crippen LogP contribution in [0.1, 0.15) is 33.1 Å². The molecular formula is C11H25N3O2S. The fourth-order valence-electron chi connectivity index (χ4n) is 2.09. The van der Waals surface area contributed by atoms with Gasteiger partial charge in [-0.05, 0) is 25.7 Å². The summed E-state index contributed by atoms with van der Waals surface area (Å²) in [5, 5.41) is 0. The summed E-state index contributed by atoms with van der Waals surface area (Å²) in [5.74, 6) is 0.296. The van der Waals surface area contributed by atoms with E-state index in [-0.39, 0.29) is 6.04 Å². The van der Waals surface area contributed by atoms with Crippen LogP contribution in [0.3, 0.4) is 0 Å². The van der Waals surface area contributed by atoms with E-state index in [1.807, 2.05) is 6.92 Å². The van der Waals surface area contributed by atoms with Crippen molar-refractivity contribution in [2.24, 2.45) is 11.7 Å². The Bertz CT molecular complexity index is 330. The predicted octanol–water partition coefficient (Wildman–Crippen LogP) is 0.632. The van der Waals surface area contributed by atoms with Crippen LogP contribution in [-0.4, -0.2) is 49.8 Å². The summed E-state index contributed by atoms with van der Waals surface area (Å²) >= 11 is 0. The average Bonchev–Trinajstić information content (AvgIpc) is 2.75. The van der Waals surface area contributed by atoms with Gasteiger partial charge in [-0.15, -0.1) is 0 Å². The highest BCUT2D eigenvalue weighted by atomic mass is 32.2. The standard InChI is InChI=1S/C11H25N3O2S/c1-4-5-7-13(3)17(15,16)14-8-6-11(9-14)10(2)12/h10-11H,4-9,12H2,1-3H3. The first-order chi connectivity index (χ1) is 7.89. The van der Waals surface area contributed by atoms with E-state index in [0.717, 1.165) is 19.3 Å². The predicted molar refractivity (Wildman–Crippen MR) is 69.8 cm³/mol. The van der Waals surface area contributed by atoms with E-state index in [9.17, 15) is 8.42 Å². The molecule has 0 amide bonds. The summed E-state index contributed by atoms with van der Waals surface area (Å²) in [6.07, 6.45) is 2.78. The smallest absolute Gasteiger partial charge is 0.281 e. The Morgan fingerprint density at radius 3 is 2.65 bits per heavy atom. The van der Waals surface area contributed by atoms with Crippen molar-refractivity contribution in [2.45, 2.75) is 39.2 Å². The molecule has 102 valence electrons. The fraction of sp³-hybridized carbons (Fsp3) is 1.00. The lowest BCUT2D eigenvalue weighted by Crippen LogP contribution is -2.42. The lowest BCUT2D eigenvalue weighted by atomic mass is 10.0. The van der Waals surface area contributed by atoms with E-state index in [1.54, 1.807) is 11.4 Å². The molecule has 1 rings (SSSR count). The molecule has 2 N–H and O–H groups in total. The van der Waals surface area contributed by atoms with Gasteiger partial charge in [0, 0.05) is 32.7 Å². The molecule has 2 atom stereocenters. The number of hydrogen-bond donors (Lipinski definition) is 1. The Balaban J connectivity index is 2.60. The third-order valence-corrected chi connectivity index (χ3v) is 5.43. The SMILES string of the molecule is CCCCN(C)S(=O)(=O)N1CCC(C(C)N)C1. The second-order valence-electron chi connectivity index (χ2n) is 4.95. The van der Waals surface area contributed by atoms with Gasteiger partial charge in [0.15, 0.2) is 0 Å². The lowest BCUT2D eigenvalue weighted by Gasteiger charge is -2.24. The van der Waals surface area contributed by atoms with E-state index in [1.165, 1.54) is 4.31 Å². The van der Waals surface area contributed by atoms with E-state index >= 15 is 0 Å². The summed E-state index contributed by atoms with van der Waals surface area (Å²) in [6.45, 7) is 5.77. The van der Waals surface area contributed by atoms with E-state index in [4.69, 9.17) is 5.73 Å². The maximum absolute atomic E-state index is 12.2. The fourth-order valence-corrected chi connectivity index (χ4v) is 3.56. The zero-order valence-electron chi connectivity index (χ0n) is 11.1. The van der Waals surface area contributed by atoms with Crippen LogP contribution in [-0.2, 0) is 10.2 Å². The lowest BCUT2D eigenvalue weighted by molar-refractivity contribution is 0.376. The minimum atomic E-state index is -3.27. The topological polar surface area (TPSA) is 66.6 Å². The molecule has 1 fully saturated rings. The number of rotatable bonds is 6. The Labute approximate surface area is 105 Å². The largest absolute Gasteiger partial charge is 0.328 e. The van der Waals surface area contributed by atoms with Crippen LogP contribution < -0.4 is 5.73 Å². The normalized spacial score (nSPS) is 24.4. The van der Waals surface area contributed by atoms with Crippen molar-refractivity contribution in [3.8, 4) is 0 Å². The quantitative estimate of drug-likeness (QED) is 0.764. The van der Waals surface area contributed by atoms with Crippen LogP contribution in [0.15, 0.2) is 0 Å². The molecule has 0 saturated carbocycles. The second-order valence-corrected chi connectivity index (χ2v) is 6.98. The minimum absolute atomic E-state index is 0.0659. The summed E-state index contributed by atoms with van der Waals surface area (Å²) in [6, 6.07) is 0.0659. The molecule has 0 spiro atoms. The Hall–Kier alpha value is -0.170. The van der Waals surface area contributed by atoms with Crippen molar-refractivity contribution in [1.82, 2.24) is 8.61 Å². The molecule has 0 radical (unpaired) electrons. The molecule has 5 nitrogen and oxygen atoms in total. The molecule has 2 unspecified atom stereocenters. The van der Waals surface area contributed by atoms with Crippen molar-refractivity contribution < 1.29 is 8.42 Å². The molecule has 0 bridgehead atoms. The van der Waals surface area contributed by atoms with Gasteiger partial charge in [-0.3, -0.25) is 0 Å². The van der Waals surface area contributed by atoms with Crippen molar-refractivity contribution in [2.75, 3.05) is 26.7 Å². The molecule has 1 heterocycles. The first-order valence-electron chi connectivity index (χ1n) is 6.36.